The van der Waals surface area contributed by atoms with Crippen molar-refractivity contribution in [2.45, 2.75) is 0 Å². The van der Waals surface area contributed by atoms with Gasteiger partial charge in [0.25, 0.3) is 5.91 Å². The highest BCUT2D eigenvalue weighted by atomic mass is 19.1. The van der Waals surface area contributed by atoms with E-state index in [2.05, 4.69) is 40.8 Å². The number of amides is 1. The topological polar surface area (TPSA) is 169 Å². The summed E-state index contributed by atoms with van der Waals surface area (Å²) in [5, 5.41) is 12.8. The second-order valence-corrected chi connectivity index (χ2v) is 11.0. The van der Waals surface area contributed by atoms with E-state index in [1.54, 1.807) is 78.0 Å². The summed E-state index contributed by atoms with van der Waals surface area (Å²) in [7, 11) is 0. The molecule has 15 heteroatoms. The highest BCUT2D eigenvalue weighted by Gasteiger charge is 2.17. The first-order valence-electron chi connectivity index (χ1n) is 15.1. The van der Waals surface area contributed by atoms with Crippen molar-refractivity contribution in [3.63, 3.8) is 0 Å². The van der Waals surface area contributed by atoms with Crippen LogP contribution in [-0.4, -0.2) is 49.8 Å². The van der Waals surface area contributed by atoms with Crippen LogP contribution in [0.2, 0.25) is 0 Å². The Kier molecular flexibility index (Phi) is 7.45. The lowest BCUT2D eigenvalue weighted by molar-refractivity contribution is 0.100. The van der Waals surface area contributed by atoms with Crippen LogP contribution in [0.25, 0.3) is 44.5 Å². The Morgan fingerprint density at radius 3 is 1.80 bits per heavy atom. The molecule has 1 amide bonds. The predicted molar refractivity (Wildman–Crippen MR) is 184 cm³/mol. The number of primary amides is 1. The molecule has 0 radical (unpaired) electrons. The fourth-order valence-corrected chi connectivity index (χ4v) is 5.64. The molecule has 5 heterocycles. The van der Waals surface area contributed by atoms with Crippen molar-refractivity contribution in [3.8, 4) is 11.4 Å². The third kappa shape index (κ3) is 5.33. The zero-order valence-electron chi connectivity index (χ0n) is 25.8. The Labute approximate surface area is 280 Å². The first-order valence-corrected chi connectivity index (χ1v) is 15.1. The number of fused-ring (bicyclic) bond motifs is 6. The van der Waals surface area contributed by atoms with Gasteiger partial charge in [-0.2, -0.15) is 5.10 Å². The summed E-state index contributed by atoms with van der Waals surface area (Å²) in [4.78, 5) is 33.5. The zero-order chi connectivity index (χ0) is 34.2. The second kappa shape index (κ2) is 12.4. The molecule has 0 saturated heterocycles. The molecule has 13 nitrogen and oxygen atoms in total. The number of hydrogen-bond donors (Lipinski definition) is 4. The van der Waals surface area contributed by atoms with Gasteiger partial charge in [0.2, 0.25) is 0 Å². The second-order valence-electron chi connectivity index (χ2n) is 11.0. The van der Waals surface area contributed by atoms with E-state index < -0.39 is 11.7 Å². The molecule has 9 aromatic rings. The number of rotatable bonds is 6. The molecular formula is C35H24F2N12O. The normalized spacial score (nSPS) is 11.2. The van der Waals surface area contributed by atoms with Gasteiger partial charge in [0.05, 0.1) is 53.0 Å². The van der Waals surface area contributed by atoms with Gasteiger partial charge >= 0.3 is 0 Å². The minimum atomic E-state index is -0.579. The molecular weight excluding hydrogens is 642 g/mol. The largest absolute Gasteiger partial charge is 0.366 e. The summed E-state index contributed by atoms with van der Waals surface area (Å²) in [6.45, 7) is 0. The first kappa shape index (κ1) is 30.1. The Morgan fingerprint density at radius 2 is 1.24 bits per heavy atom. The summed E-state index contributed by atoms with van der Waals surface area (Å²) in [5.41, 5.74) is 11.3. The van der Waals surface area contributed by atoms with Crippen LogP contribution in [0.3, 0.4) is 0 Å². The standard InChI is InChI=1S/C18H12FN7.C17H12FN5O/c19-12-5-1-2-6-13(12)23-18-15-8-20-10-26(15)14-7-3-4-11(16(14)24-18)17-21-9-22-25-17;18-11-5-1-2-6-12(11)21-17-14-8-20-9-23(14)13-7-3-4-10(16(19)24)15(13)22-17/h1-10H,(H,23,24)(H,21,22,25);1-9H,(H2,19,24)(H,21,22). The quantitative estimate of drug-likeness (QED) is 0.157. The minimum Gasteiger partial charge on any atom is -0.366 e. The molecule has 0 saturated carbocycles. The summed E-state index contributed by atoms with van der Waals surface area (Å²) in [6.07, 6.45) is 8.07. The smallest absolute Gasteiger partial charge is 0.250 e. The average molecular weight is 667 g/mol. The van der Waals surface area contributed by atoms with Gasteiger partial charge in [-0.25, -0.2) is 33.7 Å². The van der Waals surface area contributed by atoms with E-state index in [1.165, 1.54) is 18.5 Å². The molecule has 4 aromatic carbocycles. The Morgan fingerprint density at radius 1 is 0.680 bits per heavy atom. The minimum absolute atomic E-state index is 0.281. The number of para-hydroxylation sites is 4. The number of nitrogens with two attached hydrogens (primary N) is 1. The number of hydrogen-bond acceptors (Lipinski definition) is 9. The SMILES string of the molecule is Fc1ccccc1Nc1nc2c(-c3ncn[nH]3)cccc2n2cncc12.NC(=O)c1cccc2c1nc(Nc1ccccc1F)c1cncn12. The number of carbonyl (C=O) groups excluding carboxylic acids is 1. The molecule has 0 bridgehead atoms. The van der Waals surface area contributed by atoms with E-state index in [0.717, 1.165) is 16.6 Å². The number of aromatic nitrogens is 9. The first-order chi connectivity index (χ1) is 24.5. The molecule has 0 aliphatic rings. The molecule has 5 N–H and O–H groups in total. The summed E-state index contributed by atoms with van der Waals surface area (Å²) in [5.74, 6) is 0.172. The van der Waals surface area contributed by atoms with Gasteiger partial charge < -0.3 is 16.4 Å². The van der Waals surface area contributed by atoms with Gasteiger partial charge in [0.15, 0.2) is 17.5 Å². The lowest BCUT2D eigenvalue weighted by atomic mass is 10.1. The monoisotopic (exact) mass is 666 g/mol. The summed E-state index contributed by atoms with van der Waals surface area (Å²) >= 11 is 0. The van der Waals surface area contributed by atoms with Crippen molar-refractivity contribution in [3.05, 3.63) is 134 Å². The van der Waals surface area contributed by atoms with Gasteiger partial charge in [-0.3, -0.25) is 18.7 Å². The van der Waals surface area contributed by atoms with Crippen LogP contribution in [-0.2, 0) is 0 Å². The number of benzene rings is 4. The maximum absolute atomic E-state index is 14.1. The van der Waals surface area contributed by atoms with Crippen LogP contribution < -0.4 is 16.4 Å². The molecule has 0 unspecified atom stereocenters. The number of aromatic amines is 1. The average Bonchev–Trinajstić information content (AvgIpc) is 3.93. The van der Waals surface area contributed by atoms with E-state index in [1.807, 2.05) is 28.7 Å². The molecule has 0 spiro atoms. The number of nitrogens with zero attached hydrogens (tertiary/aromatic N) is 8. The van der Waals surface area contributed by atoms with E-state index in [0.29, 0.717) is 50.8 Å². The number of imidazole rings is 2. The molecule has 9 rings (SSSR count). The number of carbonyl (C=O) groups is 1. The van der Waals surface area contributed by atoms with Gasteiger partial charge in [-0.05, 0) is 48.5 Å². The highest BCUT2D eigenvalue weighted by Crippen LogP contribution is 2.31. The Balaban J connectivity index is 0.000000145. The number of nitrogens with one attached hydrogen (secondary N) is 3. The van der Waals surface area contributed by atoms with Crippen molar-refractivity contribution >= 4 is 62.0 Å². The Hall–Kier alpha value is -7.29. The van der Waals surface area contributed by atoms with Gasteiger partial charge in [-0.15, -0.1) is 0 Å². The van der Waals surface area contributed by atoms with Crippen molar-refractivity contribution in [2.24, 2.45) is 5.73 Å². The molecule has 244 valence electrons. The fraction of sp³-hybridized carbons (Fsp3) is 0. The van der Waals surface area contributed by atoms with Gasteiger partial charge in [0.1, 0.15) is 40.0 Å². The number of H-pyrrole nitrogens is 1. The maximum Gasteiger partial charge on any atom is 0.250 e. The molecule has 0 aliphatic heterocycles. The molecule has 0 fully saturated rings. The van der Waals surface area contributed by atoms with Crippen LogP contribution in [0.1, 0.15) is 10.4 Å². The van der Waals surface area contributed by atoms with Crippen LogP contribution >= 0.6 is 0 Å². The molecule has 50 heavy (non-hydrogen) atoms. The lowest BCUT2D eigenvalue weighted by Gasteiger charge is -2.12. The van der Waals surface area contributed by atoms with E-state index in [4.69, 9.17) is 10.7 Å². The van der Waals surface area contributed by atoms with Crippen LogP contribution in [0.5, 0.6) is 0 Å². The third-order valence-electron chi connectivity index (χ3n) is 7.95. The third-order valence-corrected chi connectivity index (χ3v) is 7.95. The summed E-state index contributed by atoms with van der Waals surface area (Å²) in [6, 6.07) is 23.7. The molecule has 5 aromatic heterocycles. The van der Waals surface area contributed by atoms with Gasteiger partial charge in [0, 0.05) is 5.56 Å². The van der Waals surface area contributed by atoms with E-state index >= 15 is 0 Å². The highest BCUT2D eigenvalue weighted by molar-refractivity contribution is 6.05. The van der Waals surface area contributed by atoms with E-state index in [-0.39, 0.29) is 11.5 Å². The Bertz CT molecular complexity index is 2690. The van der Waals surface area contributed by atoms with Crippen molar-refractivity contribution in [2.75, 3.05) is 10.6 Å². The van der Waals surface area contributed by atoms with Crippen molar-refractivity contribution in [1.29, 1.82) is 0 Å². The van der Waals surface area contributed by atoms with E-state index in [9.17, 15) is 13.6 Å². The maximum atomic E-state index is 14.1. The van der Waals surface area contributed by atoms with Crippen LogP contribution in [0.4, 0.5) is 31.8 Å². The lowest BCUT2D eigenvalue weighted by Crippen LogP contribution is -2.13. The zero-order valence-corrected chi connectivity index (χ0v) is 25.8. The summed E-state index contributed by atoms with van der Waals surface area (Å²) < 4.78 is 31.7. The van der Waals surface area contributed by atoms with Gasteiger partial charge in [-0.1, -0.05) is 36.4 Å². The van der Waals surface area contributed by atoms with Crippen molar-refractivity contribution < 1.29 is 13.6 Å². The van der Waals surface area contributed by atoms with Crippen molar-refractivity contribution in [1.82, 2.24) is 43.9 Å². The van der Waals surface area contributed by atoms with Crippen LogP contribution in [0.15, 0.2) is 116 Å². The fourth-order valence-electron chi connectivity index (χ4n) is 5.64. The number of halogens is 2. The molecule has 0 aliphatic carbocycles. The van der Waals surface area contributed by atoms with Crippen LogP contribution in [0, 0.1) is 11.6 Å². The number of anilines is 4. The predicted octanol–water partition coefficient (Wildman–Crippen LogP) is 6.41. The molecule has 0 atom stereocenters.